The number of nitrogens with zero attached hydrogens (tertiary/aromatic N) is 2. The molecule has 2 atom stereocenters. The SMILES string of the molecule is CC1CN(Cc2cc(Cl)cc(C(=O)Nc3nc4c(CO)cc(C(F)(F)F)cc4s3)c2O)C[C@@H](C)O1. The summed E-state index contributed by atoms with van der Waals surface area (Å²) in [4.78, 5) is 19.2. The average Bonchev–Trinajstić information content (AvgIpc) is 3.16. The van der Waals surface area contributed by atoms with E-state index in [1.165, 1.54) is 6.07 Å². The van der Waals surface area contributed by atoms with Crippen molar-refractivity contribution < 1.29 is 32.9 Å². The number of ether oxygens (including phenoxy) is 1. The van der Waals surface area contributed by atoms with Crippen LogP contribution >= 0.6 is 22.9 Å². The molecule has 35 heavy (non-hydrogen) atoms. The number of phenolic OH excluding ortho intramolecular Hbond substituents is 1. The zero-order valence-electron chi connectivity index (χ0n) is 18.8. The standard InChI is InChI=1S/C23H23ClF3N3O4S/c1-11-7-30(8-12(2)34-11)9-13-4-16(24)6-17(20(13)32)21(33)29-22-28-19-14(10-31)3-15(23(25,26)27)5-18(19)35-22/h3-6,11-12,31-32H,7-10H2,1-2H3,(H,28,29,33)/t11-,12?/m1/s1. The number of fused-ring (bicyclic) bond motifs is 1. The van der Waals surface area contributed by atoms with E-state index in [1.54, 1.807) is 6.07 Å². The second kappa shape index (κ2) is 9.90. The first-order chi connectivity index (χ1) is 16.4. The molecule has 1 aliphatic rings. The number of alkyl halides is 3. The molecule has 0 radical (unpaired) electrons. The highest BCUT2D eigenvalue weighted by Gasteiger charge is 2.32. The fraction of sp³-hybridized carbons (Fsp3) is 0.391. The Bertz CT molecular complexity index is 1260. The van der Waals surface area contributed by atoms with Crippen LogP contribution in [0.3, 0.4) is 0 Å². The van der Waals surface area contributed by atoms with Crippen LogP contribution in [-0.4, -0.2) is 51.3 Å². The molecule has 12 heteroatoms. The predicted molar refractivity (Wildman–Crippen MR) is 127 cm³/mol. The van der Waals surface area contributed by atoms with E-state index in [4.69, 9.17) is 16.3 Å². The van der Waals surface area contributed by atoms with Gasteiger partial charge in [-0.15, -0.1) is 0 Å². The molecular weight excluding hydrogens is 507 g/mol. The number of aliphatic hydroxyl groups is 1. The highest BCUT2D eigenvalue weighted by Crippen LogP contribution is 2.37. The molecule has 7 nitrogen and oxygen atoms in total. The molecular formula is C23H23ClF3N3O4S. The lowest BCUT2D eigenvalue weighted by atomic mass is 10.1. The number of benzene rings is 2. The molecule has 1 aliphatic heterocycles. The Morgan fingerprint density at radius 1 is 1.23 bits per heavy atom. The summed E-state index contributed by atoms with van der Waals surface area (Å²) in [5.74, 6) is -0.953. The summed E-state index contributed by atoms with van der Waals surface area (Å²) >= 11 is 7.06. The lowest BCUT2D eigenvalue weighted by Crippen LogP contribution is -2.44. The number of thiazole rings is 1. The van der Waals surface area contributed by atoms with Crippen molar-refractivity contribution in [2.45, 2.75) is 45.4 Å². The normalized spacial score (nSPS) is 19.3. The number of rotatable bonds is 5. The summed E-state index contributed by atoms with van der Waals surface area (Å²) in [6.07, 6.45) is -4.56. The maximum Gasteiger partial charge on any atom is 0.416 e. The van der Waals surface area contributed by atoms with Gasteiger partial charge >= 0.3 is 6.18 Å². The van der Waals surface area contributed by atoms with Gasteiger partial charge in [-0.2, -0.15) is 13.2 Å². The molecule has 188 valence electrons. The first kappa shape index (κ1) is 25.6. The third-order valence-electron chi connectivity index (χ3n) is 5.58. The molecule has 1 amide bonds. The van der Waals surface area contributed by atoms with Gasteiger partial charge in [-0.05, 0) is 38.1 Å². The largest absolute Gasteiger partial charge is 0.507 e. The first-order valence-corrected chi connectivity index (χ1v) is 12.0. The first-order valence-electron chi connectivity index (χ1n) is 10.8. The number of phenols is 1. The van der Waals surface area contributed by atoms with Crippen LogP contribution in [0.4, 0.5) is 18.3 Å². The van der Waals surface area contributed by atoms with Crippen LogP contribution in [0.25, 0.3) is 10.2 Å². The summed E-state index contributed by atoms with van der Waals surface area (Å²) in [7, 11) is 0. The Morgan fingerprint density at radius 3 is 2.54 bits per heavy atom. The maximum atomic E-state index is 13.2. The van der Waals surface area contributed by atoms with E-state index in [9.17, 15) is 28.2 Å². The second-order valence-electron chi connectivity index (χ2n) is 8.52. The number of aromatic nitrogens is 1. The lowest BCUT2D eigenvalue weighted by molar-refractivity contribution is -0.137. The molecule has 3 N–H and O–H groups in total. The highest BCUT2D eigenvalue weighted by molar-refractivity contribution is 7.22. The number of hydrogen-bond donors (Lipinski definition) is 3. The van der Waals surface area contributed by atoms with E-state index in [-0.39, 0.29) is 49.5 Å². The van der Waals surface area contributed by atoms with Gasteiger partial charge in [0.25, 0.3) is 5.91 Å². The molecule has 3 aromatic rings. The lowest BCUT2D eigenvalue weighted by Gasteiger charge is -2.35. The summed E-state index contributed by atoms with van der Waals surface area (Å²) in [5, 5.41) is 23.1. The molecule has 1 saturated heterocycles. The minimum absolute atomic E-state index is 0.00608. The predicted octanol–water partition coefficient (Wildman–Crippen LogP) is 5.03. The van der Waals surface area contributed by atoms with Crippen molar-refractivity contribution in [2.24, 2.45) is 0 Å². The number of anilines is 1. The fourth-order valence-corrected chi connectivity index (χ4v) is 5.39. The number of nitrogens with one attached hydrogen (secondary N) is 1. The van der Waals surface area contributed by atoms with Crippen LogP contribution in [0.5, 0.6) is 5.75 Å². The minimum atomic E-state index is -4.59. The number of carbonyl (C=O) groups is 1. The van der Waals surface area contributed by atoms with Crippen LogP contribution in [0.15, 0.2) is 24.3 Å². The van der Waals surface area contributed by atoms with E-state index in [0.29, 0.717) is 25.2 Å². The zero-order chi connectivity index (χ0) is 25.5. The van der Waals surface area contributed by atoms with E-state index in [2.05, 4.69) is 15.2 Å². The molecule has 1 aromatic heterocycles. The molecule has 0 aliphatic carbocycles. The van der Waals surface area contributed by atoms with Gasteiger partial charge in [0.2, 0.25) is 0 Å². The number of hydrogen-bond acceptors (Lipinski definition) is 7. The Kier molecular flexibility index (Phi) is 7.26. The number of aliphatic hydroxyl groups excluding tert-OH is 1. The number of carbonyl (C=O) groups excluding carboxylic acids is 1. The summed E-state index contributed by atoms with van der Waals surface area (Å²) in [6.45, 7) is 4.92. The van der Waals surface area contributed by atoms with Gasteiger partial charge in [0, 0.05) is 35.8 Å². The van der Waals surface area contributed by atoms with Gasteiger partial charge in [-0.1, -0.05) is 22.9 Å². The molecule has 0 spiro atoms. The van der Waals surface area contributed by atoms with Crippen molar-refractivity contribution >= 4 is 44.2 Å². The van der Waals surface area contributed by atoms with Gasteiger partial charge in [0.05, 0.1) is 40.2 Å². The number of halogens is 4. The molecule has 1 unspecified atom stereocenters. The maximum absolute atomic E-state index is 13.2. The van der Waals surface area contributed by atoms with Crippen molar-refractivity contribution in [1.82, 2.24) is 9.88 Å². The Balaban J connectivity index is 1.60. The van der Waals surface area contributed by atoms with Gasteiger partial charge < -0.3 is 14.9 Å². The van der Waals surface area contributed by atoms with Crippen LogP contribution in [0.1, 0.15) is 40.9 Å². The zero-order valence-corrected chi connectivity index (χ0v) is 20.4. The van der Waals surface area contributed by atoms with Crippen LogP contribution in [0.2, 0.25) is 5.02 Å². The van der Waals surface area contributed by atoms with E-state index >= 15 is 0 Å². The fourth-order valence-electron chi connectivity index (χ4n) is 4.20. The van der Waals surface area contributed by atoms with Gasteiger partial charge in [0.1, 0.15) is 5.75 Å². The average molecular weight is 530 g/mol. The smallest absolute Gasteiger partial charge is 0.416 e. The van der Waals surface area contributed by atoms with Gasteiger partial charge in [-0.25, -0.2) is 4.98 Å². The van der Waals surface area contributed by atoms with Crippen molar-refractivity contribution in [3.05, 3.63) is 51.5 Å². The Labute approximate surface area is 208 Å². The highest BCUT2D eigenvalue weighted by atomic mass is 35.5. The van der Waals surface area contributed by atoms with Crippen LogP contribution in [0, 0.1) is 0 Å². The van der Waals surface area contributed by atoms with Crippen LogP contribution in [-0.2, 0) is 24.1 Å². The molecule has 4 rings (SSSR count). The van der Waals surface area contributed by atoms with Crippen LogP contribution < -0.4 is 5.32 Å². The summed E-state index contributed by atoms with van der Waals surface area (Å²) < 4.78 is 45.4. The molecule has 0 saturated carbocycles. The number of aromatic hydroxyl groups is 1. The van der Waals surface area contributed by atoms with E-state index in [0.717, 1.165) is 23.5 Å². The van der Waals surface area contributed by atoms with Gasteiger partial charge in [-0.3, -0.25) is 15.0 Å². The Morgan fingerprint density at radius 2 is 1.91 bits per heavy atom. The molecule has 2 heterocycles. The molecule has 0 bridgehead atoms. The van der Waals surface area contributed by atoms with E-state index in [1.807, 2.05) is 13.8 Å². The number of morpholine rings is 1. The molecule has 2 aromatic carbocycles. The monoisotopic (exact) mass is 529 g/mol. The third-order valence-corrected chi connectivity index (χ3v) is 6.72. The van der Waals surface area contributed by atoms with Crippen molar-refractivity contribution in [3.8, 4) is 5.75 Å². The minimum Gasteiger partial charge on any atom is -0.507 e. The number of amides is 1. The van der Waals surface area contributed by atoms with Crippen molar-refractivity contribution in [2.75, 3.05) is 18.4 Å². The van der Waals surface area contributed by atoms with Crippen molar-refractivity contribution in [3.63, 3.8) is 0 Å². The molecule has 1 fully saturated rings. The topological polar surface area (TPSA) is 94.9 Å². The Hall–Kier alpha value is -2.44. The van der Waals surface area contributed by atoms with Gasteiger partial charge in [0.15, 0.2) is 5.13 Å². The third kappa shape index (κ3) is 5.70. The second-order valence-corrected chi connectivity index (χ2v) is 9.99. The van der Waals surface area contributed by atoms with E-state index < -0.39 is 24.3 Å². The quantitative estimate of drug-likeness (QED) is 0.429. The van der Waals surface area contributed by atoms with Crippen molar-refractivity contribution in [1.29, 1.82) is 0 Å². The summed E-state index contributed by atoms with van der Waals surface area (Å²) in [6, 6.07) is 4.65. The summed E-state index contributed by atoms with van der Waals surface area (Å²) in [5.41, 5.74) is -0.384.